The summed E-state index contributed by atoms with van der Waals surface area (Å²) < 4.78 is 10.5. The highest BCUT2D eigenvalue weighted by atomic mass is 16.6. The molecule has 6 nitrogen and oxygen atoms in total. The quantitative estimate of drug-likeness (QED) is 0.709. The van der Waals surface area contributed by atoms with Crippen LogP contribution in [-0.4, -0.2) is 28.8 Å². The van der Waals surface area contributed by atoms with Crippen LogP contribution in [0.1, 0.15) is 44.4 Å². The molecule has 0 aliphatic heterocycles. The Labute approximate surface area is 165 Å². The van der Waals surface area contributed by atoms with Crippen molar-refractivity contribution in [1.82, 2.24) is 5.32 Å². The second kappa shape index (κ2) is 9.90. The molecule has 2 atom stereocenters. The fraction of sp³-hybridized carbons (Fsp3) is 0.364. The Kier molecular flexibility index (Phi) is 7.58. The molecule has 0 aliphatic carbocycles. The highest BCUT2D eigenvalue weighted by Gasteiger charge is 2.28. The number of carbonyl (C=O) groups is 2. The third kappa shape index (κ3) is 7.40. The molecule has 2 aromatic carbocycles. The molecule has 0 bridgehead atoms. The van der Waals surface area contributed by atoms with Crippen LogP contribution in [0.2, 0.25) is 0 Å². The lowest BCUT2D eigenvalue weighted by Crippen LogP contribution is -2.43. The highest BCUT2D eigenvalue weighted by Crippen LogP contribution is 2.20. The fourth-order valence-electron chi connectivity index (χ4n) is 2.56. The first-order valence-electron chi connectivity index (χ1n) is 9.16. The van der Waals surface area contributed by atoms with E-state index < -0.39 is 29.8 Å². The van der Waals surface area contributed by atoms with Crippen molar-refractivity contribution in [2.24, 2.45) is 0 Å². The number of aliphatic hydroxyl groups is 1. The average Bonchev–Trinajstić information content (AvgIpc) is 2.65. The monoisotopic (exact) mass is 385 g/mol. The van der Waals surface area contributed by atoms with Crippen LogP contribution >= 0.6 is 0 Å². The Balaban J connectivity index is 2.04. The standard InChI is InChI=1S/C22H27NO5/c1-22(2,3)28-21(26)23-18(20(25)17-12-8-5-9-13-17)14-19(24)27-15-16-10-6-4-7-11-16/h4-13,18,20,25H,14-15H2,1-3H3,(H,23,26)/t18-,20?/m0/s1. The van der Waals surface area contributed by atoms with Gasteiger partial charge >= 0.3 is 12.1 Å². The number of hydrogen-bond donors (Lipinski definition) is 2. The zero-order chi connectivity index (χ0) is 20.6. The summed E-state index contributed by atoms with van der Waals surface area (Å²) in [6, 6.07) is 17.2. The van der Waals surface area contributed by atoms with Crippen molar-refractivity contribution in [3.8, 4) is 0 Å². The van der Waals surface area contributed by atoms with E-state index in [4.69, 9.17) is 9.47 Å². The third-order valence-electron chi connectivity index (χ3n) is 3.85. The lowest BCUT2D eigenvalue weighted by Gasteiger charge is -2.26. The van der Waals surface area contributed by atoms with E-state index in [1.807, 2.05) is 36.4 Å². The van der Waals surface area contributed by atoms with Crippen molar-refractivity contribution < 1.29 is 24.2 Å². The number of hydrogen-bond acceptors (Lipinski definition) is 5. The molecular formula is C22H27NO5. The van der Waals surface area contributed by atoms with Gasteiger partial charge in [0.25, 0.3) is 0 Å². The smallest absolute Gasteiger partial charge is 0.407 e. The van der Waals surface area contributed by atoms with Crippen molar-refractivity contribution >= 4 is 12.1 Å². The third-order valence-corrected chi connectivity index (χ3v) is 3.85. The molecule has 1 amide bonds. The van der Waals surface area contributed by atoms with E-state index in [1.54, 1.807) is 45.0 Å². The van der Waals surface area contributed by atoms with E-state index >= 15 is 0 Å². The molecule has 0 aliphatic rings. The van der Waals surface area contributed by atoms with E-state index in [9.17, 15) is 14.7 Å². The van der Waals surface area contributed by atoms with Crippen LogP contribution < -0.4 is 5.32 Å². The molecule has 0 saturated heterocycles. The predicted octanol–water partition coefficient (Wildman–Crippen LogP) is 3.75. The van der Waals surface area contributed by atoms with Crippen LogP contribution in [0, 0.1) is 0 Å². The van der Waals surface area contributed by atoms with Crippen molar-refractivity contribution in [3.05, 3.63) is 71.8 Å². The lowest BCUT2D eigenvalue weighted by atomic mass is 10.00. The number of carbonyl (C=O) groups excluding carboxylic acids is 2. The molecule has 150 valence electrons. The number of nitrogens with one attached hydrogen (secondary N) is 1. The van der Waals surface area contributed by atoms with Crippen molar-refractivity contribution in [3.63, 3.8) is 0 Å². The molecule has 0 spiro atoms. The first-order valence-corrected chi connectivity index (χ1v) is 9.16. The first kappa shape index (κ1) is 21.4. The second-order valence-electron chi connectivity index (χ2n) is 7.46. The number of alkyl carbamates (subject to hydrolysis) is 1. The number of ether oxygens (including phenoxy) is 2. The largest absolute Gasteiger partial charge is 0.461 e. The van der Waals surface area contributed by atoms with Crippen LogP contribution in [0.3, 0.4) is 0 Å². The highest BCUT2D eigenvalue weighted by molar-refractivity contribution is 5.73. The Morgan fingerprint density at radius 2 is 1.57 bits per heavy atom. The summed E-state index contributed by atoms with van der Waals surface area (Å²) in [7, 11) is 0. The van der Waals surface area contributed by atoms with Crippen molar-refractivity contribution in [1.29, 1.82) is 0 Å². The molecule has 1 unspecified atom stereocenters. The summed E-state index contributed by atoms with van der Waals surface area (Å²) in [5.74, 6) is -0.528. The van der Waals surface area contributed by atoms with E-state index in [1.165, 1.54) is 0 Å². The van der Waals surface area contributed by atoms with Gasteiger partial charge in [0, 0.05) is 0 Å². The van der Waals surface area contributed by atoms with E-state index in [2.05, 4.69) is 5.32 Å². The maximum Gasteiger partial charge on any atom is 0.407 e. The molecule has 0 saturated carbocycles. The normalized spacial score (nSPS) is 13.3. The van der Waals surface area contributed by atoms with Crippen LogP contribution in [0.15, 0.2) is 60.7 Å². The number of aliphatic hydroxyl groups excluding tert-OH is 1. The molecule has 2 aromatic rings. The predicted molar refractivity (Wildman–Crippen MR) is 105 cm³/mol. The van der Waals surface area contributed by atoms with E-state index in [0.29, 0.717) is 5.56 Å². The van der Waals surface area contributed by atoms with Crippen molar-refractivity contribution in [2.75, 3.05) is 0 Å². The van der Waals surface area contributed by atoms with Gasteiger partial charge in [0.1, 0.15) is 12.2 Å². The van der Waals surface area contributed by atoms with Gasteiger partial charge in [-0.3, -0.25) is 4.79 Å². The summed E-state index contributed by atoms with van der Waals surface area (Å²) in [5.41, 5.74) is 0.746. The summed E-state index contributed by atoms with van der Waals surface area (Å²) in [6.45, 7) is 5.34. The molecular weight excluding hydrogens is 358 g/mol. The number of amides is 1. The first-order chi connectivity index (χ1) is 13.2. The fourth-order valence-corrected chi connectivity index (χ4v) is 2.56. The zero-order valence-electron chi connectivity index (χ0n) is 16.4. The van der Waals surface area contributed by atoms with Crippen LogP contribution in [0.25, 0.3) is 0 Å². The summed E-state index contributed by atoms with van der Waals surface area (Å²) in [5, 5.41) is 13.3. The van der Waals surface area contributed by atoms with Gasteiger partial charge in [-0.15, -0.1) is 0 Å². The van der Waals surface area contributed by atoms with Gasteiger partial charge in [-0.25, -0.2) is 4.79 Å². The topological polar surface area (TPSA) is 84.9 Å². The molecule has 0 heterocycles. The number of esters is 1. The minimum Gasteiger partial charge on any atom is -0.461 e. The summed E-state index contributed by atoms with van der Waals surface area (Å²) in [4.78, 5) is 24.5. The van der Waals surface area contributed by atoms with Gasteiger partial charge in [-0.1, -0.05) is 60.7 Å². The van der Waals surface area contributed by atoms with Crippen molar-refractivity contribution in [2.45, 2.75) is 51.5 Å². The second-order valence-corrected chi connectivity index (χ2v) is 7.46. The molecule has 0 fully saturated rings. The molecule has 0 aromatic heterocycles. The Morgan fingerprint density at radius 1 is 1.00 bits per heavy atom. The number of benzene rings is 2. The van der Waals surface area contributed by atoms with Gasteiger partial charge in [0.15, 0.2) is 0 Å². The maximum atomic E-state index is 12.3. The Bertz CT molecular complexity index is 756. The zero-order valence-corrected chi connectivity index (χ0v) is 16.4. The van der Waals surface area contributed by atoms with E-state index in [-0.39, 0.29) is 13.0 Å². The Hall–Kier alpha value is -2.86. The van der Waals surface area contributed by atoms with Gasteiger partial charge in [-0.2, -0.15) is 0 Å². The molecule has 28 heavy (non-hydrogen) atoms. The molecule has 0 radical (unpaired) electrons. The SMILES string of the molecule is CC(C)(C)OC(=O)N[C@@H](CC(=O)OCc1ccccc1)C(O)c1ccccc1. The van der Waals surface area contributed by atoms with Crippen LogP contribution in [0.4, 0.5) is 4.79 Å². The summed E-state index contributed by atoms with van der Waals surface area (Å²) >= 11 is 0. The van der Waals surface area contributed by atoms with Gasteiger partial charge in [0.2, 0.25) is 0 Å². The minimum absolute atomic E-state index is 0.125. The van der Waals surface area contributed by atoms with Gasteiger partial charge < -0.3 is 19.9 Å². The average molecular weight is 385 g/mol. The maximum absolute atomic E-state index is 12.3. The molecule has 6 heteroatoms. The minimum atomic E-state index is -1.09. The van der Waals surface area contributed by atoms with Gasteiger partial charge in [-0.05, 0) is 31.9 Å². The number of rotatable bonds is 7. The van der Waals surface area contributed by atoms with E-state index in [0.717, 1.165) is 5.56 Å². The van der Waals surface area contributed by atoms with Crippen LogP contribution in [-0.2, 0) is 20.9 Å². The summed E-state index contributed by atoms with van der Waals surface area (Å²) in [6.07, 6.45) is -1.98. The Morgan fingerprint density at radius 3 is 2.14 bits per heavy atom. The molecule has 2 rings (SSSR count). The van der Waals surface area contributed by atoms with Gasteiger partial charge in [0.05, 0.1) is 18.6 Å². The molecule has 2 N–H and O–H groups in total. The van der Waals surface area contributed by atoms with Crippen LogP contribution in [0.5, 0.6) is 0 Å². The lowest BCUT2D eigenvalue weighted by molar-refractivity contribution is -0.146.